The van der Waals surface area contributed by atoms with Crippen LogP contribution >= 0.6 is 23.2 Å². The molecule has 134 valence electrons. The largest absolute Gasteiger partial charge is 0.489 e. The molecule has 25 heavy (non-hydrogen) atoms. The average molecular weight is 385 g/mol. The van der Waals surface area contributed by atoms with Crippen molar-refractivity contribution in [1.29, 1.82) is 0 Å². The third kappa shape index (κ3) is 5.35. The molecule has 0 fully saturated rings. The molecule has 0 aliphatic heterocycles. The van der Waals surface area contributed by atoms with Gasteiger partial charge in [0.25, 0.3) is 0 Å². The standard InChI is InChI=1S/C19H19Cl2FO3/c1-11-5-6-13(8-15(11)20)24-10-12-7-17(22)14(9-16(12)21)18(23)25-19(2,3)4/h5-9H,10H2,1-4H3. The first-order valence-corrected chi connectivity index (χ1v) is 8.42. The predicted octanol–water partition coefficient (Wildman–Crippen LogP) is 5.98. The summed E-state index contributed by atoms with van der Waals surface area (Å²) in [6.07, 6.45) is 0. The molecule has 2 aromatic rings. The lowest BCUT2D eigenvalue weighted by Crippen LogP contribution is -2.24. The highest BCUT2D eigenvalue weighted by molar-refractivity contribution is 6.32. The van der Waals surface area contributed by atoms with E-state index in [0.29, 0.717) is 16.3 Å². The van der Waals surface area contributed by atoms with Gasteiger partial charge in [0.1, 0.15) is 23.8 Å². The fraction of sp³-hybridized carbons (Fsp3) is 0.316. The van der Waals surface area contributed by atoms with E-state index >= 15 is 0 Å². The molecule has 0 saturated carbocycles. The van der Waals surface area contributed by atoms with E-state index in [4.69, 9.17) is 32.7 Å². The van der Waals surface area contributed by atoms with E-state index in [2.05, 4.69) is 0 Å². The summed E-state index contributed by atoms with van der Waals surface area (Å²) in [4.78, 5) is 12.0. The zero-order chi connectivity index (χ0) is 18.8. The fourth-order valence-corrected chi connectivity index (χ4v) is 2.40. The first kappa shape index (κ1) is 19.5. The third-order valence-corrected chi connectivity index (χ3v) is 4.05. The van der Waals surface area contributed by atoms with E-state index in [0.717, 1.165) is 5.56 Å². The quantitative estimate of drug-likeness (QED) is 0.608. The number of ether oxygens (including phenoxy) is 2. The maximum Gasteiger partial charge on any atom is 0.341 e. The summed E-state index contributed by atoms with van der Waals surface area (Å²) in [7, 11) is 0. The van der Waals surface area contributed by atoms with Crippen LogP contribution in [0.15, 0.2) is 30.3 Å². The molecule has 0 unspecified atom stereocenters. The summed E-state index contributed by atoms with van der Waals surface area (Å²) >= 11 is 12.2. The van der Waals surface area contributed by atoms with Crippen molar-refractivity contribution in [1.82, 2.24) is 0 Å². The van der Waals surface area contributed by atoms with Crippen molar-refractivity contribution in [3.8, 4) is 5.75 Å². The van der Waals surface area contributed by atoms with Crippen molar-refractivity contribution in [3.63, 3.8) is 0 Å². The van der Waals surface area contributed by atoms with E-state index in [1.807, 2.05) is 13.0 Å². The van der Waals surface area contributed by atoms with Crippen molar-refractivity contribution in [2.75, 3.05) is 0 Å². The Bertz CT molecular complexity index is 798. The summed E-state index contributed by atoms with van der Waals surface area (Å²) in [5.74, 6) is -0.924. The Balaban J connectivity index is 2.16. The Morgan fingerprint density at radius 1 is 1.12 bits per heavy atom. The van der Waals surface area contributed by atoms with Crippen molar-refractivity contribution in [3.05, 3.63) is 62.9 Å². The van der Waals surface area contributed by atoms with Crippen LogP contribution in [0.5, 0.6) is 5.75 Å². The zero-order valence-corrected chi connectivity index (χ0v) is 16.0. The van der Waals surface area contributed by atoms with Gasteiger partial charge < -0.3 is 9.47 Å². The van der Waals surface area contributed by atoms with Gasteiger partial charge >= 0.3 is 5.97 Å². The molecule has 0 N–H and O–H groups in total. The molecule has 0 aliphatic carbocycles. The van der Waals surface area contributed by atoms with Gasteiger partial charge in [-0.25, -0.2) is 9.18 Å². The van der Waals surface area contributed by atoms with Crippen LogP contribution < -0.4 is 4.74 Å². The lowest BCUT2D eigenvalue weighted by Gasteiger charge is -2.20. The molecule has 0 saturated heterocycles. The zero-order valence-electron chi connectivity index (χ0n) is 14.5. The average Bonchev–Trinajstić information content (AvgIpc) is 2.49. The number of esters is 1. The summed E-state index contributed by atoms with van der Waals surface area (Å²) < 4.78 is 25.0. The third-order valence-electron chi connectivity index (χ3n) is 3.29. The molecule has 3 nitrogen and oxygen atoms in total. The minimum atomic E-state index is -0.760. The van der Waals surface area contributed by atoms with Gasteiger partial charge in [-0.05, 0) is 57.5 Å². The smallest absolute Gasteiger partial charge is 0.341 e. The highest BCUT2D eigenvalue weighted by Crippen LogP contribution is 2.26. The highest BCUT2D eigenvalue weighted by Gasteiger charge is 2.22. The van der Waals surface area contributed by atoms with Gasteiger partial charge in [0.05, 0.1) is 5.56 Å². The second-order valence-corrected chi connectivity index (χ2v) is 7.44. The predicted molar refractivity (Wildman–Crippen MR) is 97.1 cm³/mol. The van der Waals surface area contributed by atoms with E-state index < -0.39 is 17.4 Å². The van der Waals surface area contributed by atoms with Gasteiger partial charge in [-0.3, -0.25) is 0 Å². The monoisotopic (exact) mass is 384 g/mol. The summed E-state index contributed by atoms with van der Waals surface area (Å²) in [6, 6.07) is 7.70. The number of carbonyl (C=O) groups is 1. The summed E-state index contributed by atoms with van der Waals surface area (Å²) in [6.45, 7) is 7.05. The number of aryl methyl sites for hydroxylation is 1. The number of hydrogen-bond donors (Lipinski definition) is 0. The van der Waals surface area contributed by atoms with Crippen molar-refractivity contribution in [2.45, 2.75) is 39.9 Å². The maximum atomic E-state index is 14.3. The lowest BCUT2D eigenvalue weighted by atomic mass is 10.1. The van der Waals surface area contributed by atoms with E-state index in [1.54, 1.807) is 32.9 Å². The van der Waals surface area contributed by atoms with Crippen LogP contribution in [0, 0.1) is 12.7 Å². The minimum absolute atomic E-state index is 0.0454. The van der Waals surface area contributed by atoms with E-state index in [1.165, 1.54) is 12.1 Å². The van der Waals surface area contributed by atoms with Crippen molar-refractivity contribution < 1.29 is 18.7 Å². The summed E-state index contributed by atoms with van der Waals surface area (Å²) in [5, 5.41) is 0.801. The molecule has 0 atom stereocenters. The molecular weight excluding hydrogens is 366 g/mol. The second-order valence-electron chi connectivity index (χ2n) is 6.63. The second kappa shape index (κ2) is 7.63. The molecule has 2 aromatic carbocycles. The van der Waals surface area contributed by atoms with Crippen LogP contribution in [0.2, 0.25) is 10.0 Å². The molecule has 0 aliphatic rings. The Morgan fingerprint density at radius 2 is 1.80 bits per heavy atom. The van der Waals surface area contributed by atoms with Crippen molar-refractivity contribution in [2.24, 2.45) is 0 Å². The van der Waals surface area contributed by atoms with Crippen LogP contribution in [0.3, 0.4) is 0 Å². The number of benzene rings is 2. The van der Waals surface area contributed by atoms with Gasteiger partial charge in [-0.15, -0.1) is 0 Å². The van der Waals surface area contributed by atoms with E-state index in [-0.39, 0.29) is 17.2 Å². The van der Waals surface area contributed by atoms with Crippen LogP contribution in [0.4, 0.5) is 4.39 Å². The Morgan fingerprint density at radius 3 is 2.40 bits per heavy atom. The van der Waals surface area contributed by atoms with Gasteiger partial charge in [0, 0.05) is 15.6 Å². The number of rotatable bonds is 4. The molecule has 2 rings (SSSR count). The molecule has 0 bridgehead atoms. The molecule has 6 heteroatoms. The molecule has 0 spiro atoms. The highest BCUT2D eigenvalue weighted by atomic mass is 35.5. The van der Waals surface area contributed by atoms with Crippen LogP contribution in [0.25, 0.3) is 0 Å². The van der Waals surface area contributed by atoms with Gasteiger partial charge in [0.15, 0.2) is 0 Å². The van der Waals surface area contributed by atoms with Crippen molar-refractivity contribution >= 4 is 29.2 Å². The van der Waals surface area contributed by atoms with Gasteiger partial charge in [-0.1, -0.05) is 29.3 Å². The minimum Gasteiger partial charge on any atom is -0.489 e. The SMILES string of the molecule is Cc1ccc(OCc2cc(F)c(C(=O)OC(C)(C)C)cc2Cl)cc1Cl. The molecule has 0 radical (unpaired) electrons. The van der Waals surface area contributed by atoms with Crippen LogP contribution in [-0.4, -0.2) is 11.6 Å². The molecule has 0 aromatic heterocycles. The molecule has 0 amide bonds. The first-order valence-electron chi connectivity index (χ1n) is 7.67. The Kier molecular flexibility index (Phi) is 5.96. The van der Waals surface area contributed by atoms with Gasteiger partial charge in [0.2, 0.25) is 0 Å². The first-order chi connectivity index (χ1) is 11.6. The summed E-state index contributed by atoms with van der Waals surface area (Å²) in [5.41, 5.74) is 0.424. The van der Waals surface area contributed by atoms with E-state index in [9.17, 15) is 9.18 Å². The van der Waals surface area contributed by atoms with Crippen LogP contribution in [-0.2, 0) is 11.3 Å². The normalized spacial score (nSPS) is 11.3. The fourth-order valence-electron chi connectivity index (χ4n) is 2.01. The molecule has 0 heterocycles. The van der Waals surface area contributed by atoms with Crippen LogP contribution in [0.1, 0.15) is 42.3 Å². The Labute approximate surface area is 156 Å². The molecular formula is C19H19Cl2FO3. The topological polar surface area (TPSA) is 35.5 Å². The number of carbonyl (C=O) groups excluding carboxylic acids is 1. The Hall–Kier alpha value is -1.78. The maximum absolute atomic E-state index is 14.3. The number of halogens is 3. The van der Waals surface area contributed by atoms with Gasteiger partial charge in [-0.2, -0.15) is 0 Å². The lowest BCUT2D eigenvalue weighted by molar-refractivity contribution is 0.00646. The number of hydrogen-bond acceptors (Lipinski definition) is 3.